The number of rotatable bonds is 68. The first kappa shape index (κ1) is 78.8. The van der Waals surface area contributed by atoms with Crippen molar-refractivity contribution in [3.8, 4) is 0 Å². The molecule has 0 aliphatic rings. The van der Waals surface area contributed by atoms with E-state index in [-0.39, 0.29) is 18.5 Å². The molecule has 3 N–H and O–H groups in total. The second-order valence-electron chi connectivity index (χ2n) is 24.9. The predicted molar refractivity (Wildman–Crippen MR) is 356 cm³/mol. The van der Waals surface area contributed by atoms with E-state index >= 15 is 0 Å². The number of aliphatic hydroxyl groups is 2. The van der Waals surface area contributed by atoms with E-state index in [9.17, 15) is 19.8 Å². The third-order valence-electron chi connectivity index (χ3n) is 16.9. The lowest BCUT2D eigenvalue weighted by molar-refractivity contribution is -0.143. The summed E-state index contributed by atoms with van der Waals surface area (Å²) in [6.45, 7) is 4.94. The zero-order valence-electron chi connectivity index (χ0n) is 54.5. The molecule has 6 heteroatoms. The van der Waals surface area contributed by atoms with E-state index < -0.39 is 12.1 Å². The van der Waals surface area contributed by atoms with Gasteiger partial charge in [-0.05, 0) is 89.9 Å². The van der Waals surface area contributed by atoms with Gasteiger partial charge in [0.1, 0.15) is 0 Å². The predicted octanol–water partition coefficient (Wildman–Crippen LogP) is 23.6. The minimum atomic E-state index is -0.663. The number of carbonyl (C=O) groups is 2. The molecule has 476 valence electrons. The SMILES string of the molecule is CCCCC/C=C\C/C=C\CCCCCCCC(=O)OCCCCCCCCCCC/C=C\C/C=C\CCCCCCCCCCCCCCCCCCCC(=O)NC(CO)C(O)CCCCCCCCCCCCCCCCCC. The van der Waals surface area contributed by atoms with E-state index in [0.29, 0.717) is 25.9 Å². The number of carbonyl (C=O) groups excluding carboxylic acids is 2. The van der Waals surface area contributed by atoms with E-state index in [0.717, 1.165) is 57.8 Å². The molecule has 0 saturated heterocycles. The maximum Gasteiger partial charge on any atom is 0.305 e. The third-order valence-corrected chi connectivity index (χ3v) is 16.9. The van der Waals surface area contributed by atoms with Crippen LogP contribution in [0.4, 0.5) is 0 Å². The fourth-order valence-electron chi connectivity index (χ4n) is 11.3. The molecule has 2 unspecified atom stereocenters. The summed E-state index contributed by atoms with van der Waals surface area (Å²) >= 11 is 0. The van der Waals surface area contributed by atoms with Gasteiger partial charge < -0.3 is 20.3 Å². The van der Waals surface area contributed by atoms with Gasteiger partial charge in [0.15, 0.2) is 0 Å². The van der Waals surface area contributed by atoms with Crippen LogP contribution in [0.25, 0.3) is 0 Å². The average molecular weight is 1140 g/mol. The highest BCUT2D eigenvalue weighted by Crippen LogP contribution is 2.19. The van der Waals surface area contributed by atoms with Crippen LogP contribution in [-0.4, -0.2) is 47.4 Å². The molecule has 0 bridgehead atoms. The average Bonchev–Trinajstić information content (AvgIpc) is 3.47. The molecule has 0 fully saturated rings. The number of unbranched alkanes of at least 4 members (excludes halogenated alkanes) is 49. The molecule has 0 aromatic heterocycles. The van der Waals surface area contributed by atoms with Crippen LogP contribution in [0.2, 0.25) is 0 Å². The van der Waals surface area contributed by atoms with Crippen LogP contribution in [-0.2, 0) is 14.3 Å². The van der Waals surface area contributed by atoms with Gasteiger partial charge in [-0.25, -0.2) is 0 Å². The molecule has 0 heterocycles. The fraction of sp³-hybridized carbons (Fsp3) is 0.867. The molecule has 0 spiro atoms. The van der Waals surface area contributed by atoms with E-state index in [2.05, 4.69) is 67.8 Å². The van der Waals surface area contributed by atoms with Gasteiger partial charge in [0.2, 0.25) is 5.91 Å². The van der Waals surface area contributed by atoms with Gasteiger partial charge in [0.05, 0.1) is 25.4 Å². The molecular formula is C75H141NO5. The van der Waals surface area contributed by atoms with Crippen molar-refractivity contribution in [2.75, 3.05) is 13.2 Å². The molecule has 6 nitrogen and oxygen atoms in total. The van der Waals surface area contributed by atoms with Crippen molar-refractivity contribution >= 4 is 11.9 Å². The third kappa shape index (κ3) is 66.8. The summed E-state index contributed by atoms with van der Waals surface area (Å²) in [5.74, 6) is -0.0301. The topological polar surface area (TPSA) is 95.9 Å². The second kappa shape index (κ2) is 70.3. The summed E-state index contributed by atoms with van der Waals surface area (Å²) in [6.07, 6.45) is 91.7. The molecule has 1 amide bonds. The van der Waals surface area contributed by atoms with Gasteiger partial charge in [0, 0.05) is 12.8 Å². The number of amides is 1. The molecule has 0 aliphatic carbocycles. The van der Waals surface area contributed by atoms with Crippen molar-refractivity contribution in [2.24, 2.45) is 0 Å². The van der Waals surface area contributed by atoms with Gasteiger partial charge in [-0.2, -0.15) is 0 Å². The Balaban J connectivity index is 3.38. The van der Waals surface area contributed by atoms with Gasteiger partial charge in [0.25, 0.3) is 0 Å². The van der Waals surface area contributed by atoms with Crippen LogP contribution in [0.1, 0.15) is 393 Å². The zero-order chi connectivity index (χ0) is 58.5. The van der Waals surface area contributed by atoms with Gasteiger partial charge in [-0.15, -0.1) is 0 Å². The summed E-state index contributed by atoms with van der Waals surface area (Å²) < 4.78 is 5.48. The molecular weight excluding hydrogens is 995 g/mol. The number of hydrogen-bond donors (Lipinski definition) is 3. The maximum atomic E-state index is 12.5. The molecule has 0 aliphatic heterocycles. The first-order valence-electron chi connectivity index (χ1n) is 36.4. The van der Waals surface area contributed by atoms with Gasteiger partial charge >= 0.3 is 5.97 Å². The van der Waals surface area contributed by atoms with Crippen molar-refractivity contribution in [1.29, 1.82) is 0 Å². The normalized spacial score (nSPS) is 12.8. The van der Waals surface area contributed by atoms with Gasteiger partial charge in [-0.1, -0.05) is 339 Å². The Labute approximate surface area is 506 Å². The van der Waals surface area contributed by atoms with Crippen LogP contribution in [0.3, 0.4) is 0 Å². The molecule has 0 rings (SSSR count). The summed E-state index contributed by atoms with van der Waals surface area (Å²) in [5.41, 5.74) is 0. The molecule has 2 atom stereocenters. The number of aliphatic hydroxyl groups excluding tert-OH is 2. The molecule has 0 radical (unpaired) electrons. The lowest BCUT2D eigenvalue weighted by Crippen LogP contribution is -2.45. The van der Waals surface area contributed by atoms with E-state index in [4.69, 9.17) is 4.74 Å². The van der Waals surface area contributed by atoms with E-state index in [1.165, 1.54) is 302 Å². The summed E-state index contributed by atoms with van der Waals surface area (Å²) in [6, 6.07) is -0.541. The van der Waals surface area contributed by atoms with Crippen LogP contribution < -0.4 is 5.32 Å². The Bertz CT molecular complexity index is 1360. The summed E-state index contributed by atoms with van der Waals surface area (Å²) in [5, 5.41) is 23.4. The summed E-state index contributed by atoms with van der Waals surface area (Å²) in [7, 11) is 0. The lowest BCUT2D eigenvalue weighted by Gasteiger charge is -2.22. The number of allylic oxidation sites excluding steroid dienone is 8. The Morgan fingerprint density at radius 1 is 0.346 bits per heavy atom. The van der Waals surface area contributed by atoms with Crippen LogP contribution in [0.5, 0.6) is 0 Å². The number of hydrogen-bond acceptors (Lipinski definition) is 5. The monoisotopic (exact) mass is 1140 g/mol. The van der Waals surface area contributed by atoms with Crippen LogP contribution >= 0.6 is 0 Å². The highest BCUT2D eigenvalue weighted by atomic mass is 16.5. The fourth-order valence-corrected chi connectivity index (χ4v) is 11.3. The molecule has 0 saturated carbocycles. The first-order chi connectivity index (χ1) is 40.0. The van der Waals surface area contributed by atoms with Crippen LogP contribution in [0, 0.1) is 0 Å². The van der Waals surface area contributed by atoms with E-state index in [1.807, 2.05) is 0 Å². The minimum absolute atomic E-state index is 0.000276. The van der Waals surface area contributed by atoms with Crippen molar-refractivity contribution < 1.29 is 24.5 Å². The molecule has 0 aromatic rings. The maximum absolute atomic E-state index is 12.5. The quantitative estimate of drug-likeness (QED) is 0.0320. The second-order valence-corrected chi connectivity index (χ2v) is 24.9. The highest BCUT2D eigenvalue weighted by Gasteiger charge is 2.20. The Kier molecular flexibility index (Phi) is 68.4. The minimum Gasteiger partial charge on any atom is -0.466 e. The Morgan fingerprint density at radius 2 is 0.617 bits per heavy atom. The van der Waals surface area contributed by atoms with Crippen molar-refractivity contribution in [3.05, 3.63) is 48.6 Å². The number of ether oxygens (including phenoxy) is 1. The molecule has 81 heavy (non-hydrogen) atoms. The molecule has 0 aromatic carbocycles. The summed E-state index contributed by atoms with van der Waals surface area (Å²) in [4.78, 5) is 24.6. The van der Waals surface area contributed by atoms with E-state index in [1.54, 1.807) is 0 Å². The van der Waals surface area contributed by atoms with Crippen molar-refractivity contribution in [1.82, 2.24) is 5.32 Å². The first-order valence-corrected chi connectivity index (χ1v) is 36.4. The number of nitrogens with one attached hydrogen (secondary N) is 1. The Hall–Kier alpha value is -2.18. The van der Waals surface area contributed by atoms with Crippen molar-refractivity contribution in [3.63, 3.8) is 0 Å². The smallest absolute Gasteiger partial charge is 0.305 e. The van der Waals surface area contributed by atoms with Crippen molar-refractivity contribution in [2.45, 2.75) is 405 Å². The van der Waals surface area contributed by atoms with Crippen LogP contribution in [0.15, 0.2) is 48.6 Å². The number of esters is 1. The highest BCUT2D eigenvalue weighted by molar-refractivity contribution is 5.76. The lowest BCUT2D eigenvalue weighted by atomic mass is 10.0. The largest absolute Gasteiger partial charge is 0.466 e. The zero-order valence-corrected chi connectivity index (χ0v) is 54.5. The van der Waals surface area contributed by atoms with Gasteiger partial charge in [-0.3, -0.25) is 9.59 Å². The Morgan fingerprint density at radius 3 is 0.963 bits per heavy atom. The standard InChI is InChI=1S/C75H141NO5/c1-3-5-7-9-11-13-15-17-19-40-43-47-51-55-59-63-67-73(78)72(71-77)76-74(79)68-64-60-56-52-48-44-41-37-35-33-31-29-27-25-23-21-20-22-24-26-28-30-32-34-36-38-42-46-50-54-58-62-66-70-81-75(80)69-65-61-57-53-49-45-39-18-16-14-12-10-8-6-4-2/h12,14,18,24,26,30,32,39,72-73,77-78H,3-11,13,15-17,19-23,25,27-29,31,33-38,40-71H2,1-2H3,(H,76,79)/b14-12-,26-24-,32-30-,39-18-.